The van der Waals surface area contributed by atoms with Crippen molar-refractivity contribution in [1.29, 1.82) is 0 Å². The second-order valence-corrected chi connectivity index (χ2v) is 3.22. The highest BCUT2D eigenvalue weighted by molar-refractivity contribution is 5.67. The fourth-order valence-electron chi connectivity index (χ4n) is 1.23. The molecule has 0 aliphatic carbocycles. The zero-order chi connectivity index (χ0) is 11.3. The molecular weight excluding hydrogens is 194 g/mol. The first kappa shape index (κ1) is 11.4. The summed E-state index contributed by atoms with van der Waals surface area (Å²) in [4.78, 5) is 12.7. The molecule has 0 atom stereocenters. The molecule has 1 aromatic rings. The van der Waals surface area contributed by atoms with Gasteiger partial charge < -0.3 is 14.7 Å². The number of benzene rings is 1. The molecule has 1 amide bonds. The lowest BCUT2D eigenvalue weighted by Crippen LogP contribution is -2.26. The molecule has 0 spiro atoms. The molecule has 0 unspecified atom stereocenters. The van der Waals surface area contributed by atoms with Gasteiger partial charge in [0, 0.05) is 13.6 Å². The first-order chi connectivity index (χ1) is 7.13. The Bertz CT molecular complexity index is 338. The number of rotatable bonds is 3. The van der Waals surface area contributed by atoms with Crippen molar-refractivity contribution in [1.82, 2.24) is 4.90 Å². The van der Waals surface area contributed by atoms with E-state index in [1.54, 1.807) is 32.2 Å². The molecule has 0 heterocycles. The number of hydrogen-bond donors (Lipinski definition) is 1. The van der Waals surface area contributed by atoms with Gasteiger partial charge in [-0.25, -0.2) is 4.79 Å². The fourth-order valence-corrected chi connectivity index (χ4v) is 1.23. The Hall–Kier alpha value is -1.71. The number of ether oxygens (including phenoxy) is 1. The molecule has 0 saturated heterocycles. The van der Waals surface area contributed by atoms with E-state index in [4.69, 9.17) is 4.74 Å². The topological polar surface area (TPSA) is 49.8 Å². The van der Waals surface area contributed by atoms with Crippen LogP contribution in [0.3, 0.4) is 0 Å². The third-order valence-electron chi connectivity index (χ3n) is 1.91. The van der Waals surface area contributed by atoms with E-state index in [1.807, 2.05) is 6.07 Å². The summed E-state index contributed by atoms with van der Waals surface area (Å²) in [5.41, 5.74) is 0.866. The van der Waals surface area contributed by atoms with E-state index in [0.29, 0.717) is 13.2 Å². The highest BCUT2D eigenvalue weighted by atomic mass is 16.5. The summed E-state index contributed by atoms with van der Waals surface area (Å²) in [6, 6.07) is 6.79. The van der Waals surface area contributed by atoms with Crippen LogP contribution in [-0.2, 0) is 11.3 Å². The second kappa shape index (κ2) is 5.24. The molecule has 0 radical (unpaired) electrons. The van der Waals surface area contributed by atoms with Gasteiger partial charge in [-0.05, 0) is 24.6 Å². The first-order valence-corrected chi connectivity index (χ1v) is 4.79. The molecule has 0 bridgehead atoms. The number of carbonyl (C=O) groups excluding carboxylic acids is 1. The smallest absolute Gasteiger partial charge is 0.409 e. The molecular formula is C11H15NO3. The minimum atomic E-state index is -0.360. The lowest BCUT2D eigenvalue weighted by Gasteiger charge is -2.16. The van der Waals surface area contributed by atoms with E-state index >= 15 is 0 Å². The van der Waals surface area contributed by atoms with E-state index in [1.165, 1.54) is 4.90 Å². The van der Waals surface area contributed by atoms with Crippen molar-refractivity contribution >= 4 is 6.09 Å². The molecule has 0 aromatic heterocycles. The van der Waals surface area contributed by atoms with E-state index in [0.717, 1.165) is 5.56 Å². The summed E-state index contributed by atoms with van der Waals surface area (Å²) < 4.78 is 4.83. The number of aromatic hydroxyl groups is 1. The summed E-state index contributed by atoms with van der Waals surface area (Å²) in [5, 5.41) is 9.23. The number of hydrogen-bond acceptors (Lipinski definition) is 3. The van der Waals surface area contributed by atoms with Crippen molar-refractivity contribution in [2.24, 2.45) is 0 Å². The van der Waals surface area contributed by atoms with Gasteiger partial charge >= 0.3 is 6.09 Å². The lowest BCUT2D eigenvalue weighted by atomic mass is 10.2. The molecule has 1 rings (SSSR count). The monoisotopic (exact) mass is 209 g/mol. The summed E-state index contributed by atoms with van der Waals surface area (Å²) in [6.07, 6.45) is -0.360. The first-order valence-electron chi connectivity index (χ1n) is 4.79. The SMILES string of the molecule is CCOC(=O)N(C)Cc1cccc(O)c1. The molecule has 1 N–H and O–H groups in total. The third-order valence-corrected chi connectivity index (χ3v) is 1.91. The van der Waals surface area contributed by atoms with Crippen LogP contribution in [0.5, 0.6) is 5.75 Å². The number of amides is 1. The summed E-state index contributed by atoms with van der Waals surface area (Å²) in [6.45, 7) is 2.55. The van der Waals surface area contributed by atoms with Crippen molar-refractivity contribution in [2.75, 3.05) is 13.7 Å². The molecule has 0 aliphatic rings. The van der Waals surface area contributed by atoms with Gasteiger partial charge in [0.1, 0.15) is 5.75 Å². The van der Waals surface area contributed by atoms with Gasteiger partial charge in [-0.3, -0.25) is 0 Å². The van der Waals surface area contributed by atoms with Crippen molar-refractivity contribution < 1.29 is 14.6 Å². The zero-order valence-corrected chi connectivity index (χ0v) is 8.93. The van der Waals surface area contributed by atoms with E-state index in [9.17, 15) is 9.90 Å². The largest absolute Gasteiger partial charge is 0.508 e. The van der Waals surface area contributed by atoms with Crippen molar-refractivity contribution in [3.8, 4) is 5.75 Å². The van der Waals surface area contributed by atoms with Crippen LogP contribution in [0.15, 0.2) is 24.3 Å². The summed E-state index contributed by atoms with van der Waals surface area (Å²) in [5.74, 6) is 0.199. The van der Waals surface area contributed by atoms with Crippen LogP contribution in [-0.4, -0.2) is 29.8 Å². The minimum absolute atomic E-state index is 0.199. The molecule has 4 nitrogen and oxygen atoms in total. The Labute approximate surface area is 89.1 Å². The average molecular weight is 209 g/mol. The Kier molecular flexibility index (Phi) is 3.97. The number of phenolic OH excluding ortho intramolecular Hbond substituents is 1. The molecule has 4 heteroatoms. The normalized spacial score (nSPS) is 9.73. The lowest BCUT2D eigenvalue weighted by molar-refractivity contribution is 0.114. The van der Waals surface area contributed by atoms with Crippen LogP contribution in [0.4, 0.5) is 4.79 Å². The predicted molar refractivity (Wildman–Crippen MR) is 56.6 cm³/mol. The van der Waals surface area contributed by atoms with Gasteiger partial charge in [-0.1, -0.05) is 12.1 Å². The Balaban J connectivity index is 2.58. The molecule has 0 aliphatic heterocycles. The van der Waals surface area contributed by atoms with Crippen LogP contribution in [0.2, 0.25) is 0 Å². The molecule has 0 saturated carbocycles. The van der Waals surface area contributed by atoms with Gasteiger partial charge in [0.2, 0.25) is 0 Å². The Morgan fingerprint density at radius 1 is 1.53 bits per heavy atom. The number of carbonyl (C=O) groups is 1. The molecule has 1 aromatic carbocycles. The van der Waals surface area contributed by atoms with E-state index in [-0.39, 0.29) is 11.8 Å². The van der Waals surface area contributed by atoms with E-state index in [2.05, 4.69) is 0 Å². The molecule has 15 heavy (non-hydrogen) atoms. The predicted octanol–water partition coefficient (Wildman–Crippen LogP) is 1.98. The second-order valence-electron chi connectivity index (χ2n) is 3.22. The minimum Gasteiger partial charge on any atom is -0.508 e. The highest BCUT2D eigenvalue weighted by Gasteiger charge is 2.09. The summed E-state index contributed by atoms with van der Waals surface area (Å²) >= 11 is 0. The average Bonchev–Trinajstić information content (AvgIpc) is 2.18. The molecule has 82 valence electrons. The van der Waals surface area contributed by atoms with Crippen molar-refractivity contribution in [3.63, 3.8) is 0 Å². The van der Waals surface area contributed by atoms with Crippen LogP contribution in [0.1, 0.15) is 12.5 Å². The van der Waals surface area contributed by atoms with Crippen molar-refractivity contribution in [3.05, 3.63) is 29.8 Å². The van der Waals surface area contributed by atoms with Crippen LogP contribution in [0, 0.1) is 0 Å². The van der Waals surface area contributed by atoms with Gasteiger partial charge in [0.15, 0.2) is 0 Å². The molecule has 0 fully saturated rings. The van der Waals surface area contributed by atoms with Gasteiger partial charge in [-0.2, -0.15) is 0 Å². The van der Waals surface area contributed by atoms with Crippen molar-refractivity contribution in [2.45, 2.75) is 13.5 Å². The highest BCUT2D eigenvalue weighted by Crippen LogP contribution is 2.12. The maximum atomic E-state index is 11.3. The number of phenols is 1. The maximum Gasteiger partial charge on any atom is 0.409 e. The van der Waals surface area contributed by atoms with Crippen LogP contribution >= 0.6 is 0 Å². The van der Waals surface area contributed by atoms with Gasteiger partial charge in [-0.15, -0.1) is 0 Å². The Morgan fingerprint density at radius 2 is 2.27 bits per heavy atom. The zero-order valence-electron chi connectivity index (χ0n) is 8.93. The van der Waals surface area contributed by atoms with Gasteiger partial charge in [0.05, 0.1) is 6.61 Å². The van der Waals surface area contributed by atoms with Crippen LogP contribution < -0.4 is 0 Å². The van der Waals surface area contributed by atoms with E-state index < -0.39 is 0 Å². The fraction of sp³-hybridized carbons (Fsp3) is 0.364. The Morgan fingerprint density at radius 3 is 2.87 bits per heavy atom. The standard InChI is InChI=1S/C11H15NO3/c1-3-15-11(14)12(2)8-9-5-4-6-10(13)7-9/h4-7,13H,3,8H2,1-2H3. The van der Waals surface area contributed by atoms with Crippen LogP contribution in [0.25, 0.3) is 0 Å². The maximum absolute atomic E-state index is 11.3. The quantitative estimate of drug-likeness (QED) is 0.828. The third kappa shape index (κ3) is 3.50. The summed E-state index contributed by atoms with van der Waals surface area (Å²) in [7, 11) is 1.65. The van der Waals surface area contributed by atoms with Gasteiger partial charge in [0.25, 0.3) is 0 Å². The number of nitrogens with zero attached hydrogens (tertiary/aromatic N) is 1.